The molecular weight excluding hydrogens is 386 g/mol. The Morgan fingerprint density at radius 2 is 1.83 bits per heavy atom. The van der Waals surface area contributed by atoms with Crippen LogP contribution in [0.4, 0.5) is 11.5 Å². The number of nitrogens with zero attached hydrogens (tertiary/aromatic N) is 3. The Balaban J connectivity index is 1.59. The van der Waals surface area contributed by atoms with Crippen molar-refractivity contribution >= 4 is 40.0 Å². The number of benzene rings is 2. The summed E-state index contributed by atoms with van der Waals surface area (Å²) >= 11 is 5.33. The van der Waals surface area contributed by atoms with Gasteiger partial charge in [-0.3, -0.25) is 0 Å². The maximum atomic E-state index is 9.79. The lowest BCUT2D eigenvalue weighted by Gasteiger charge is -2.10. The number of rotatable bonds is 4. The van der Waals surface area contributed by atoms with Gasteiger partial charge in [-0.1, -0.05) is 18.2 Å². The molecule has 0 fully saturated rings. The first-order chi connectivity index (χ1) is 14.1. The lowest BCUT2D eigenvalue weighted by molar-refractivity contribution is 0.373. The molecule has 7 nitrogen and oxygen atoms in total. The van der Waals surface area contributed by atoms with Gasteiger partial charge in [-0.15, -0.1) is 0 Å². The molecule has 2 aromatic carbocycles. The number of phenolic OH excluding ortho intramolecular Hbond substituents is 1. The molecule has 0 aliphatic rings. The number of nitrogens with one attached hydrogen (secondary N) is 2. The highest BCUT2D eigenvalue weighted by Crippen LogP contribution is 2.31. The zero-order valence-corrected chi connectivity index (χ0v) is 16.3. The Kier molecular flexibility index (Phi) is 5.17. The summed E-state index contributed by atoms with van der Waals surface area (Å²) in [6, 6.07) is 18.3. The number of para-hydroxylation sites is 1. The monoisotopic (exact) mass is 403 g/mol. The molecule has 144 valence electrons. The van der Waals surface area contributed by atoms with Gasteiger partial charge in [0.05, 0.1) is 19.0 Å². The third kappa shape index (κ3) is 4.22. The van der Waals surface area contributed by atoms with E-state index in [1.165, 1.54) is 7.11 Å². The summed E-state index contributed by atoms with van der Waals surface area (Å²) in [7, 11) is 1.50. The molecule has 2 aromatic heterocycles. The molecule has 0 unspecified atom stereocenters. The Bertz CT molecular complexity index is 1180. The lowest BCUT2D eigenvalue weighted by Crippen LogP contribution is -2.19. The van der Waals surface area contributed by atoms with E-state index < -0.39 is 0 Å². The van der Waals surface area contributed by atoms with Gasteiger partial charge in [-0.25, -0.2) is 15.0 Å². The van der Waals surface area contributed by atoms with Crippen LogP contribution >= 0.6 is 12.2 Å². The number of pyridine rings is 1. The van der Waals surface area contributed by atoms with E-state index in [1.54, 1.807) is 24.4 Å². The summed E-state index contributed by atoms with van der Waals surface area (Å²) in [5.74, 6) is 0.935. The fourth-order valence-electron chi connectivity index (χ4n) is 2.76. The molecule has 0 saturated carbocycles. The van der Waals surface area contributed by atoms with Gasteiger partial charge in [0.1, 0.15) is 5.52 Å². The molecule has 0 amide bonds. The van der Waals surface area contributed by atoms with E-state index in [4.69, 9.17) is 17.0 Å². The number of phenols is 1. The first-order valence-corrected chi connectivity index (χ1v) is 9.17. The maximum absolute atomic E-state index is 9.79. The molecule has 29 heavy (non-hydrogen) atoms. The maximum Gasteiger partial charge on any atom is 0.180 e. The molecule has 0 aliphatic carbocycles. The van der Waals surface area contributed by atoms with Crippen molar-refractivity contribution in [3.63, 3.8) is 0 Å². The van der Waals surface area contributed by atoms with Crippen LogP contribution in [0.1, 0.15) is 0 Å². The highest BCUT2D eigenvalue weighted by molar-refractivity contribution is 7.80. The van der Waals surface area contributed by atoms with Crippen LogP contribution in [0.3, 0.4) is 0 Å². The molecule has 0 spiro atoms. The van der Waals surface area contributed by atoms with Crippen molar-refractivity contribution in [3.05, 3.63) is 66.9 Å². The van der Waals surface area contributed by atoms with Gasteiger partial charge < -0.3 is 20.5 Å². The number of methoxy groups -OCH3 is 1. The number of thiocarbonyl (C=S) groups is 1. The molecule has 3 N–H and O–H groups in total. The Morgan fingerprint density at radius 1 is 1.00 bits per heavy atom. The van der Waals surface area contributed by atoms with Crippen LogP contribution in [-0.4, -0.2) is 32.3 Å². The van der Waals surface area contributed by atoms with Crippen molar-refractivity contribution < 1.29 is 9.84 Å². The molecular formula is C21H17N5O2S. The van der Waals surface area contributed by atoms with E-state index in [-0.39, 0.29) is 5.75 Å². The molecule has 4 rings (SSSR count). The molecule has 0 atom stereocenters. The fourth-order valence-corrected chi connectivity index (χ4v) is 2.98. The van der Waals surface area contributed by atoms with Gasteiger partial charge in [-0.05, 0) is 54.7 Å². The molecule has 4 aromatic rings. The predicted molar refractivity (Wildman–Crippen MR) is 117 cm³/mol. The molecule has 0 radical (unpaired) electrons. The number of aromatic hydroxyl groups is 1. The average Bonchev–Trinajstić information content (AvgIpc) is 2.74. The molecule has 2 heterocycles. The van der Waals surface area contributed by atoms with Crippen LogP contribution in [0.5, 0.6) is 11.5 Å². The van der Waals surface area contributed by atoms with Gasteiger partial charge in [-0.2, -0.15) is 0 Å². The third-order valence-corrected chi connectivity index (χ3v) is 4.36. The second-order valence-corrected chi connectivity index (χ2v) is 6.53. The van der Waals surface area contributed by atoms with Crippen LogP contribution in [-0.2, 0) is 0 Å². The number of hydrogen-bond donors (Lipinski definition) is 3. The predicted octanol–water partition coefficient (Wildman–Crippen LogP) is 4.21. The van der Waals surface area contributed by atoms with Crippen LogP contribution in [0, 0.1) is 0 Å². The summed E-state index contributed by atoms with van der Waals surface area (Å²) in [4.78, 5) is 13.5. The van der Waals surface area contributed by atoms with Gasteiger partial charge in [0.25, 0.3) is 0 Å². The Hall–Kier alpha value is -3.78. The van der Waals surface area contributed by atoms with E-state index in [2.05, 4.69) is 25.6 Å². The quantitative estimate of drug-likeness (QED) is 0.436. The second-order valence-electron chi connectivity index (χ2n) is 6.13. The van der Waals surface area contributed by atoms with Gasteiger partial charge in [0, 0.05) is 11.3 Å². The van der Waals surface area contributed by atoms with E-state index in [0.717, 1.165) is 11.3 Å². The number of anilines is 2. The number of fused-ring (bicyclic) bond motifs is 1. The van der Waals surface area contributed by atoms with Crippen LogP contribution in [0.25, 0.3) is 22.4 Å². The van der Waals surface area contributed by atoms with Gasteiger partial charge in [0.15, 0.2) is 28.1 Å². The first kappa shape index (κ1) is 18.6. The van der Waals surface area contributed by atoms with Crippen LogP contribution in [0.2, 0.25) is 0 Å². The van der Waals surface area contributed by atoms with Gasteiger partial charge >= 0.3 is 0 Å². The topological polar surface area (TPSA) is 92.2 Å². The highest BCUT2D eigenvalue weighted by Gasteiger charge is 2.09. The fraction of sp³-hybridized carbons (Fsp3) is 0.0476. The van der Waals surface area contributed by atoms with Crippen LogP contribution < -0.4 is 15.4 Å². The highest BCUT2D eigenvalue weighted by atomic mass is 32.1. The minimum absolute atomic E-state index is 0.0720. The summed E-state index contributed by atoms with van der Waals surface area (Å²) in [6.45, 7) is 0. The number of aromatic nitrogens is 3. The minimum Gasteiger partial charge on any atom is -0.504 e. The van der Waals surface area contributed by atoms with E-state index >= 15 is 0 Å². The van der Waals surface area contributed by atoms with Crippen molar-refractivity contribution in [2.45, 2.75) is 0 Å². The van der Waals surface area contributed by atoms with Crippen molar-refractivity contribution in [3.8, 4) is 22.8 Å². The van der Waals surface area contributed by atoms with E-state index in [1.807, 2.05) is 42.5 Å². The number of ether oxygens (including phenoxy) is 1. The van der Waals surface area contributed by atoms with E-state index in [9.17, 15) is 5.11 Å². The second kappa shape index (κ2) is 8.07. The van der Waals surface area contributed by atoms with Crippen molar-refractivity contribution in [2.75, 3.05) is 17.7 Å². The summed E-state index contributed by atoms with van der Waals surface area (Å²) in [5, 5.41) is 16.3. The molecule has 0 aliphatic heterocycles. The average molecular weight is 403 g/mol. The smallest absolute Gasteiger partial charge is 0.180 e. The summed E-state index contributed by atoms with van der Waals surface area (Å²) in [5.41, 5.74) is 3.49. The van der Waals surface area contributed by atoms with E-state index in [0.29, 0.717) is 33.5 Å². The van der Waals surface area contributed by atoms with Crippen LogP contribution in [0.15, 0.2) is 66.9 Å². The molecule has 8 heteroatoms. The molecule has 0 bridgehead atoms. The first-order valence-electron chi connectivity index (χ1n) is 8.76. The van der Waals surface area contributed by atoms with Crippen molar-refractivity contribution in [1.82, 2.24) is 15.0 Å². The van der Waals surface area contributed by atoms with Crippen molar-refractivity contribution in [2.24, 2.45) is 0 Å². The third-order valence-electron chi connectivity index (χ3n) is 4.16. The normalized spacial score (nSPS) is 10.5. The Morgan fingerprint density at radius 3 is 2.62 bits per heavy atom. The minimum atomic E-state index is 0.0720. The number of hydrogen-bond acceptors (Lipinski definition) is 6. The Labute approximate surface area is 172 Å². The zero-order valence-electron chi connectivity index (χ0n) is 15.5. The largest absolute Gasteiger partial charge is 0.504 e. The summed E-state index contributed by atoms with van der Waals surface area (Å²) in [6.07, 6.45) is 1.60. The zero-order chi connectivity index (χ0) is 20.2. The lowest BCUT2D eigenvalue weighted by atomic mass is 10.1. The SMILES string of the molecule is COc1cc(-c2ccc3ncc(NC(=S)Nc4ccccc4)nc3n2)ccc1O. The standard InChI is InChI=1S/C21H17N5O2S/c1-28-18-11-13(7-10-17(18)27)15-8-9-16-20(24-15)25-19(12-22-16)26-21(29)23-14-5-3-2-4-6-14/h2-12,27H,1H3,(H2,23,24,25,26,29). The summed E-state index contributed by atoms with van der Waals surface area (Å²) < 4.78 is 5.17. The van der Waals surface area contributed by atoms with Crippen molar-refractivity contribution in [1.29, 1.82) is 0 Å². The molecule has 0 saturated heterocycles. The van der Waals surface area contributed by atoms with Gasteiger partial charge in [0.2, 0.25) is 0 Å².